The second-order valence-corrected chi connectivity index (χ2v) is 9.45. The molecule has 3 rings (SSSR count). The molecule has 3 heterocycles. The molecule has 2 fully saturated rings. The van der Waals surface area contributed by atoms with Crippen LogP contribution in [-0.2, 0) is 10.2 Å². The molecule has 0 saturated carbocycles. The Hall–Kier alpha value is -1.49. The highest BCUT2D eigenvalue weighted by Crippen LogP contribution is 2.21. The van der Waals surface area contributed by atoms with Gasteiger partial charge < -0.3 is 9.80 Å². The summed E-state index contributed by atoms with van der Waals surface area (Å²) in [7, 11) is -0.481. The lowest BCUT2D eigenvalue weighted by atomic mass is 10.1. The lowest BCUT2D eigenvalue weighted by Crippen LogP contribution is -2.53. The van der Waals surface area contributed by atoms with Crippen LogP contribution in [0, 0.1) is 0 Å². The van der Waals surface area contributed by atoms with Crippen LogP contribution in [0.15, 0.2) is 6.20 Å². The third kappa shape index (κ3) is 4.34. The van der Waals surface area contributed by atoms with Crippen molar-refractivity contribution in [1.29, 1.82) is 0 Å². The number of nitrogens with zero attached hydrogens (tertiary/aromatic N) is 6. The van der Waals surface area contributed by atoms with Crippen molar-refractivity contribution >= 4 is 33.7 Å². The molecular formula is C16H25ClN6O3S. The van der Waals surface area contributed by atoms with E-state index in [1.54, 1.807) is 4.90 Å². The van der Waals surface area contributed by atoms with Crippen molar-refractivity contribution in [2.24, 2.45) is 0 Å². The van der Waals surface area contributed by atoms with Gasteiger partial charge in [-0.25, -0.2) is 9.97 Å². The van der Waals surface area contributed by atoms with Gasteiger partial charge in [0.05, 0.1) is 11.2 Å². The first-order chi connectivity index (χ1) is 12.8. The van der Waals surface area contributed by atoms with Gasteiger partial charge >= 0.3 is 0 Å². The predicted octanol–water partition coefficient (Wildman–Crippen LogP) is 0.685. The standard InChI is InChI=1S/C16H25ClN6O3S/c1-20(2)27(25,26)23-10-8-21(9-11-23)15(24)14-13(17)12-18-16(19-14)22-6-4-3-5-7-22/h12H,3-11H2,1-2H3. The molecule has 9 nitrogen and oxygen atoms in total. The Kier molecular flexibility index (Phi) is 6.19. The molecule has 1 amide bonds. The van der Waals surface area contributed by atoms with E-state index in [0.717, 1.165) is 25.9 Å². The van der Waals surface area contributed by atoms with Gasteiger partial charge in [0.2, 0.25) is 5.95 Å². The van der Waals surface area contributed by atoms with E-state index < -0.39 is 10.2 Å². The number of carbonyl (C=O) groups is 1. The Labute approximate surface area is 165 Å². The van der Waals surface area contributed by atoms with E-state index in [1.807, 2.05) is 0 Å². The summed E-state index contributed by atoms with van der Waals surface area (Å²) in [5, 5.41) is 0.212. The fourth-order valence-electron chi connectivity index (χ4n) is 3.26. The maximum Gasteiger partial charge on any atom is 0.281 e. The average molecular weight is 417 g/mol. The monoisotopic (exact) mass is 416 g/mol. The molecule has 2 aliphatic heterocycles. The molecule has 0 aliphatic carbocycles. The second-order valence-electron chi connectivity index (χ2n) is 6.90. The van der Waals surface area contributed by atoms with Crippen molar-refractivity contribution < 1.29 is 13.2 Å². The minimum Gasteiger partial charge on any atom is -0.341 e. The van der Waals surface area contributed by atoms with Crippen molar-refractivity contribution in [3.05, 3.63) is 16.9 Å². The van der Waals surface area contributed by atoms with Gasteiger partial charge in [-0.05, 0) is 19.3 Å². The van der Waals surface area contributed by atoms with Gasteiger partial charge in [-0.2, -0.15) is 17.0 Å². The van der Waals surface area contributed by atoms with Crippen LogP contribution < -0.4 is 4.90 Å². The summed E-state index contributed by atoms with van der Waals surface area (Å²) in [5.41, 5.74) is 0.177. The third-order valence-electron chi connectivity index (χ3n) is 4.89. The van der Waals surface area contributed by atoms with Crippen molar-refractivity contribution in [3.63, 3.8) is 0 Å². The second kappa shape index (κ2) is 8.26. The number of halogens is 1. The van der Waals surface area contributed by atoms with Gasteiger partial charge in [0, 0.05) is 53.4 Å². The maximum atomic E-state index is 12.9. The van der Waals surface area contributed by atoms with E-state index in [-0.39, 0.29) is 29.7 Å². The summed E-state index contributed by atoms with van der Waals surface area (Å²) in [5.74, 6) is 0.235. The fourth-order valence-corrected chi connectivity index (χ4v) is 4.52. The molecule has 1 aromatic rings. The van der Waals surface area contributed by atoms with Crippen molar-refractivity contribution in [2.75, 3.05) is 58.3 Å². The molecule has 0 unspecified atom stereocenters. The summed E-state index contributed by atoms with van der Waals surface area (Å²) in [4.78, 5) is 25.3. The van der Waals surface area contributed by atoms with Gasteiger partial charge in [0.25, 0.3) is 16.1 Å². The SMILES string of the molecule is CN(C)S(=O)(=O)N1CCN(C(=O)c2nc(N3CCCCC3)ncc2Cl)CC1. The molecule has 11 heteroatoms. The Morgan fingerprint density at radius 1 is 1.07 bits per heavy atom. The van der Waals surface area contributed by atoms with Crippen LogP contribution in [0.3, 0.4) is 0 Å². The lowest BCUT2D eigenvalue weighted by molar-refractivity contribution is 0.0689. The van der Waals surface area contributed by atoms with E-state index >= 15 is 0 Å². The highest BCUT2D eigenvalue weighted by molar-refractivity contribution is 7.86. The van der Waals surface area contributed by atoms with Gasteiger partial charge in [-0.15, -0.1) is 0 Å². The number of amides is 1. The predicted molar refractivity (Wildman–Crippen MR) is 103 cm³/mol. The molecule has 0 N–H and O–H groups in total. The quantitative estimate of drug-likeness (QED) is 0.717. The van der Waals surface area contributed by atoms with Crippen molar-refractivity contribution in [3.8, 4) is 0 Å². The topological polar surface area (TPSA) is 90.0 Å². The van der Waals surface area contributed by atoms with Crippen LogP contribution in [-0.4, -0.2) is 91.2 Å². The highest BCUT2D eigenvalue weighted by Gasteiger charge is 2.32. The zero-order valence-electron chi connectivity index (χ0n) is 15.6. The van der Waals surface area contributed by atoms with Crippen LogP contribution in [0.1, 0.15) is 29.8 Å². The first kappa shape index (κ1) is 20.2. The number of rotatable bonds is 4. The Bertz CT molecular complexity index is 789. The first-order valence-electron chi connectivity index (χ1n) is 9.05. The van der Waals surface area contributed by atoms with Crippen LogP contribution in [0.2, 0.25) is 5.02 Å². The minimum atomic E-state index is -3.47. The fraction of sp³-hybridized carbons (Fsp3) is 0.688. The summed E-state index contributed by atoms with van der Waals surface area (Å²) >= 11 is 6.19. The van der Waals surface area contributed by atoms with E-state index in [1.165, 1.54) is 35.3 Å². The number of carbonyl (C=O) groups excluding carboxylic acids is 1. The Morgan fingerprint density at radius 3 is 2.30 bits per heavy atom. The molecular weight excluding hydrogens is 392 g/mol. The minimum absolute atomic E-state index is 0.177. The number of hydrogen-bond donors (Lipinski definition) is 0. The summed E-state index contributed by atoms with van der Waals surface area (Å²) in [6, 6.07) is 0. The zero-order chi connectivity index (χ0) is 19.6. The number of piperidine rings is 1. The van der Waals surface area contributed by atoms with Crippen molar-refractivity contribution in [2.45, 2.75) is 19.3 Å². The van der Waals surface area contributed by atoms with Crippen LogP contribution in [0.25, 0.3) is 0 Å². The van der Waals surface area contributed by atoms with Crippen LogP contribution >= 0.6 is 11.6 Å². The molecule has 0 radical (unpaired) electrons. The molecule has 0 aromatic carbocycles. The average Bonchev–Trinajstić information content (AvgIpc) is 2.68. The maximum absolute atomic E-state index is 12.9. The number of hydrogen-bond acceptors (Lipinski definition) is 6. The van der Waals surface area contributed by atoms with Gasteiger partial charge in [0.15, 0.2) is 5.69 Å². The highest BCUT2D eigenvalue weighted by atomic mass is 35.5. The van der Waals surface area contributed by atoms with Gasteiger partial charge in [-0.3, -0.25) is 4.79 Å². The van der Waals surface area contributed by atoms with Gasteiger partial charge in [-0.1, -0.05) is 11.6 Å². The summed E-state index contributed by atoms with van der Waals surface area (Å²) in [6.45, 7) is 2.82. The van der Waals surface area contributed by atoms with Crippen LogP contribution in [0.4, 0.5) is 5.95 Å². The smallest absolute Gasteiger partial charge is 0.281 e. The molecule has 0 atom stereocenters. The van der Waals surface area contributed by atoms with E-state index in [4.69, 9.17) is 11.6 Å². The molecule has 0 spiro atoms. The van der Waals surface area contributed by atoms with E-state index in [0.29, 0.717) is 19.0 Å². The van der Waals surface area contributed by atoms with Crippen molar-refractivity contribution in [1.82, 2.24) is 23.5 Å². The zero-order valence-corrected chi connectivity index (χ0v) is 17.2. The molecule has 27 heavy (non-hydrogen) atoms. The molecule has 0 bridgehead atoms. The van der Waals surface area contributed by atoms with Gasteiger partial charge in [0.1, 0.15) is 0 Å². The summed E-state index contributed by atoms with van der Waals surface area (Å²) < 4.78 is 27.0. The Morgan fingerprint density at radius 2 is 1.70 bits per heavy atom. The largest absolute Gasteiger partial charge is 0.341 e. The Balaban J connectivity index is 1.71. The normalized spacial score (nSPS) is 19.6. The third-order valence-corrected chi connectivity index (χ3v) is 7.10. The molecule has 2 saturated heterocycles. The molecule has 150 valence electrons. The first-order valence-corrected chi connectivity index (χ1v) is 10.8. The number of anilines is 1. The summed E-state index contributed by atoms with van der Waals surface area (Å²) in [6.07, 6.45) is 4.82. The lowest BCUT2D eigenvalue weighted by Gasteiger charge is -2.35. The van der Waals surface area contributed by atoms with Crippen LogP contribution in [0.5, 0.6) is 0 Å². The molecule has 1 aromatic heterocycles. The molecule has 2 aliphatic rings. The number of aromatic nitrogens is 2. The number of piperazine rings is 1. The van der Waals surface area contributed by atoms with E-state index in [9.17, 15) is 13.2 Å². The van der Waals surface area contributed by atoms with E-state index in [2.05, 4.69) is 14.9 Å².